The molecule has 0 aromatic rings. The zero-order valence-corrected chi connectivity index (χ0v) is 5.57. The molecule has 0 fully saturated rings. The van der Waals surface area contributed by atoms with Gasteiger partial charge in [-0.15, -0.1) is 0 Å². The lowest BCUT2D eigenvalue weighted by Crippen LogP contribution is -2.26. The molecule has 0 heterocycles. The Labute approximate surface area is 54.0 Å². The fraction of sp³-hybridized carbons (Fsp3) is 1.00. The summed E-state index contributed by atoms with van der Waals surface area (Å²) in [6.45, 7) is 1.42. The minimum Gasteiger partial charge on any atom is -0.388 e. The van der Waals surface area contributed by atoms with E-state index in [-0.39, 0.29) is 6.79 Å². The first-order valence-electron chi connectivity index (χ1n) is 2.65. The Morgan fingerprint density at radius 2 is 2.00 bits per heavy atom. The number of methoxy groups -OCH3 is 1. The molecule has 0 aromatic carbocycles. The van der Waals surface area contributed by atoms with Crippen molar-refractivity contribution in [3.8, 4) is 0 Å². The van der Waals surface area contributed by atoms with Gasteiger partial charge in [0, 0.05) is 7.11 Å². The number of aliphatic hydroxyl groups is 2. The van der Waals surface area contributed by atoms with Crippen molar-refractivity contribution in [2.45, 2.75) is 19.3 Å². The van der Waals surface area contributed by atoms with Crippen LogP contribution in [0.5, 0.6) is 0 Å². The fourth-order valence-corrected chi connectivity index (χ4v) is 0.277. The van der Waals surface area contributed by atoms with Crippen molar-refractivity contribution < 1.29 is 19.7 Å². The van der Waals surface area contributed by atoms with Crippen molar-refractivity contribution in [2.75, 3.05) is 13.9 Å². The van der Waals surface area contributed by atoms with Crippen LogP contribution in [-0.2, 0) is 9.47 Å². The van der Waals surface area contributed by atoms with E-state index < -0.39 is 12.4 Å². The average Bonchev–Trinajstić information content (AvgIpc) is 1.82. The smallest absolute Gasteiger partial charge is 0.183 e. The Morgan fingerprint density at radius 3 is 2.33 bits per heavy atom. The molecule has 0 amide bonds. The van der Waals surface area contributed by atoms with Gasteiger partial charge in [-0.3, -0.25) is 0 Å². The van der Waals surface area contributed by atoms with Crippen LogP contribution in [0.1, 0.15) is 6.92 Å². The Balaban J connectivity index is 3.16. The van der Waals surface area contributed by atoms with E-state index in [4.69, 9.17) is 10.2 Å². The second-order valence-corrected chi connectivity index (χ2v) is 1.70. The zero-order valence-electron chi connectivity index (χ0n) is 5.57. The minimum absolute atomic E-state index is 0.00787. The molecular formula is C5H12O4. The van der Waals surface area contributed by atoms with Crippen molar-refractivity contribution in [3.63, 3.8) is 0 Å². The predicted octanol–water partition coefficient (Wildman–Crippen LogP) is -0.694. The summed E-state index contributed by atoms with van der Waals surface area (Å²) in [5.74, 6) is 0. The van der Waals surface area contributed by atoms with Gasteiger partial charge in [0.25, 0.3) is 0 Å². The highest BCUT2D eigenvalue weighted by atomic mass is 16.7. The van der Waals surface area contributed by atoms with E-state index in [1.54, 1.807) is 0 Å². The number of ether oxygens (including phenoxy) is 2. The number of hydrogen-bond acceptors (Lipinski definition) is 4. The molecule has 4 nitrogen and oxygen atoms in total. The number of hydrogen-bond donors (Lipinski definition) is 2. The fourth-order valence-electron chi connectivity index (χ4n) is 0.277. The van der Waals surface area contributed by atoms with Gasteiger partial charge in [0.2, 0.25) is 0 Å². The van der Waals surface area contributed by atoms with Crippen LogP contribution in [0.25, 0.3) is 0 Å². The maximum atomic E-state index is 8.71. The Hall–Kier alpha value is -0.160. The third-order valence-electron chi connectivity index (χ3n) is 0.769. The van der Waals surface area contributed by atoms with Crippen LogP contribution < -0.4 is 0 Å². The van der Waals surface area contributed by atoms with Gasteiger partial charge in [-0.25, -0.2) is 0 Å². The molecule has 56 valence electrons. The largest absolute Gasteiger partial charge is 0.388 e. The Bertz CT molecular complexity index is 64.0. The Kier molecular flexibility index (Phi) is 4.61. The molecule has 0 saturated carbocycles. The van der Waals surface area contributed by atoms with Crippen LogP contribution >= 0.6 is 0 Å². The molecule has 0 bridgehead atoms. The van der Waals surface area contributed by atoms with Crippen LogP contribution in [0, 0.1) is 0 Å². The summed E-state index contributed by atoms with van der Waals surface area (Å²) in [4.78, 5) is 0. The van der Waals surface area contributed by atoms with Gasteiger partial charge in [0.05, 0.1) is 0 Å². The maximum absolute atomic E-state index is 8.71. The first-order chi connectivity index (χ1) is 4.18. The minimum atomic E-state index is -1.15. The summed E-state index contributed by atoms with van der Waals surface area (Å²) in [5, 5.41) is 17.3. The van der Waals surface area contributed by atoms with E-state index in [0.29, 0.717) is 0 Å². The summed E-state index contributed by atoms with van der Waals surface area (Å²) in [5.41, 5.74) is 0. The quantitative estimate of drug-likeness (QED) is 0.502. The van der Waals surface area contributed by atoms with E-state index in [9.17, 15) is 0 Å². The van der Waals surface area contributed by atoms with Gasteiger partial charge in [0.1, 0.15) is 12.9 Å². The molecular weight excluding hydrogens is 124 g/mol. The molecule has 2 unspecified atom stereocenters. The lowest BCUT2D eigenvalue weighted by atomic mass is 10.4. The van der Waals surface area contributed by atoms with Crippen LogP contribution in [0.4, 0.5) is 0 Å². The van der Waals surface area contributed by atoms with Crippen LogP contribution in [0.2, 0.25) is 0 Å². The van der Waals surface area contributed by atoms with E-state index in [1.165, 1.54) is 14.0 Å². The van der Waals surface area contributed by atoms with Crippen LogP contribution in [0.3, 0.4) is 0 Å². The molecule has 0 saturated heterocycles. The second-order valence-electron chi connectivity index (χ2n) is 1.70. The van der Waals surface area contributed by atoms with Crippen molar-refractivity contribution in [1.82, 2.24) is 0 Å². The third-order valence-corrected chi connectivity index (χ3v) is 0.769. The van der Waals surface area contributed by atoms with Crippen LogP contribution in [-0.4, -0.2) is 36.5 Å². The summed E-state index contributed by atoms with van der Waals surface area (Å²) < 4.78 is 9.01. The van der Waals surface area contributed by atoms with Crippen molar-refractivity contribution in [1.29, 1.82) is 0 Å². The van der Waals surface area contributed by atoms with E-state index in [2.05, 4.69) is 9.47 Å². The van der Waals surface area contributed by atoms with Gasteiger partial charge < -0.3 is 19.7 Å². The van der Waals surface area contributed by atoms with Crippen molar-refractivity contribution >= 4 is 0 Å². The average molecular weight is 136 g/mol. The summed E-state index contributed by atoms with van der Waals surface area (Å²) in [6.07, 6.45) is -2.02. The molecule has 0 aliphatic carbocycles. The highest BCUT2D eigenvalue weighted by molar-refractivity contribution is 4.46. The van der Waals surface area contributed by atoms with Crippen LogP contribution in [0.15, 0.2) is 0 Å². The lowest BCUT2D eigenvalue weighted by molar-refractivity contribution is -0.198. The molecule has 0 aliphatic rings. The van der Waals surface area contributed by atoms with Gasteiger partial charge in [-0.05, 0) is 6.92 Å². The topological polar surface area (TPSA) is 58.9 Å². The SMILES string of the molecule is COCOC(O)C(C)O. The first-order valence-corrected chi connectivity index (χ1v) is 2.65. The summed E-state index contributed by atoms with van der Waals surface area (Å²) in [6, 6.07) is 0. The molecule has 0 aliphatic heterocycles. The molecule has 9 heavy (non-hydrogen) atoms. The standard InChI is InChI=1S/C5H12O4/c1-4(6)5(7)9-3-8-2/h4-7H,3H2,1-2H3. The molecule has 0 rings (SSSR count). The molecule has 2 N–H and O–H groups in total. The highest BCUT2D eigenvalue weighted by Crippen LogP contribution is 1.92. The van der Waals surface area contributed by atoms with E-state index in [0.717, 1.165) is 0 Å². The van der Waals surface area contributed by atoms with Crippen molar-refractivity contribution in [3.05, 3.63) is 0 Å². The summed E-state index contributed by atoms with van der Waals surface area (Å²) in [7, 11) is 1.44. The lowest BCUT2D eigenvalue weighted by Gasteiger charge is -2.12. The summed E-state index contributed by atoms with van der Waals surface area (Å²) >= 11 is 0. The van der Waals surface area contributed by atoms with E-state index >= 15 is 0 Å². The molecule has 4 heteroatoms. The predicted molar refractivity (Wildman–Crippen MR) is 30.6 cm³/mol. The third kappa shape index (κ3) is 4.35. The zero-order chi connectivity index (χ0) is 7.28. The molecule has 0 radical (unpaired) electrons. The second kappa shape index (κ2) is 4.69. The van der Waals surface area contributed by atoms with Gasteiger partial charge in [-0.2, -0.15) is 0 Å². The monoisotopic (exact) mass is 136 g/mol. The first kappa shape index (κ1) is 8.84. The van der Waals surface area contributed by atoms with Gasteiger partial charge >= 0.3 is 0 Å². The maximum Gasteiger partial charge on any atom is 0.183 e. The number of aliphatic hydroxyl groups excluding tert-OH is 2. The number of rotatable bonds is 4. The normalized spacial score (nSPS) is 17.3. The van der Waals surface area contributed by atoms with Gasteiger partial charge in [0.15, 0.2) is 6.29 Å². The van der Waals surface area contributed by atoms with Gasteiger partial charge in [-0.1, -0.05) is 0 Å². The molecule has 2 atom stereocenters. The molecule has 0 spiro atoms. The molecule has 0 aromatic heterocycles. The van der Waals surface area contributed by atoms with Crippen molar-refractivity contribution in [2.24, 2.45) is 0 Å². The highest BCUT2D eigenvalue weighted by Gasteiger charge is 2.09. The Morgan fingerprint density at radius 1 is 1.44 bits per heavy atom. The van der Waals surface area contributed by atoms with E-state index in [1.807, 2.05) is 0 Å².